The molecule has 0 fully saturated rings. The van der Waals surface area contributed by atoms with Gasteiger partial charge in [0.1, 0.15) is 0 Å². The Labute approximate surface area is 164 Å². The molecule has 0 saturated carbocycles. The van der Waals surface area contributed by atoms with E-state index in [1.807, 2.05) is 0 Å². The molecule has 0 aromatic heterocycles. The minimum absolute atomic E-state index is 0. The Morgan fingerprint density at radius 1 is 0.727 bits per heavy atom. The molecule has 126 valence electrons. The predicted octanol–water partition coefficient (Wildman–Crippen LogP) is 2.74. The summed E-state index contributed by atoms with van der Waals surface area (Å²) in [4.78, 5) is 0. The van der Waals surface area contributed by atoms with E-state index in [9.17, 15) is 0 Å². The van der Waals surface area contributed by atoms with Crippen molar-refractivity contribution in [2.45, 2.75) is 40.8 Å². The van der Waals surface area contributed by atoms with E-state index in [0.717, 1.165) is 0 Å². The summed E-state index contributed by atoms with van der Waals surface area (Å²) in [6.07, 6.45) is 0. The summed E-state index contributed by atoms with van der Waals surface area (Å²) in [5.74, 6) is 0. The van der Waals surface area contributed by atoms with Crippen molar-refractivity contribution in [3.63, 3.8) is 0 Å². The number of halogens is 2. The first-order valence-corrected chi connectivity index (χ1v) is 7.22. The summed E-state index contributed by atoms with van der Waals surface area (Å²) in [5.41, 5.74) is 18.5. The summed E-state index contributed by atoms with van der Waals surface area (Å²) in [5, 5.41) is 6.64. The lowest BCUT2D eigenvalue weighted by Crippen LogP contribution is -2.32. The number of hydrogen-bond donors (Lipinski definition) is 4. The van der Waals surface area contributed by atoms with Gasteiger partial charge in [-0.2, -0.15) is 0 Å². The molecule has 0 saturated heterocycles. The standard InChI is InChI=1S/C14H22N4S2.2BrH/c1-7-8(2)10(4)12(6-18-14(16)20)11(9(7)3)5-17-13(15)19;;/h5-6H2,1-4H3,(H3,15,17,19)(H3,16,18,20);2*1H. The van der Waals surface area contributed by atoms with Gasteiger partial charge in [-0.25, -0.2) is 0 Å². The van der Waals surface area contributed by atoms with Gasteiger partial charge < -0.3 is 22.1 Å². The largest absolute Gasteiger partial charge is 0.376 e. The van der Waals surface area contributed by atoms with Crippen molar-refractivity contribution in [2.75, 3.05) is 0 Å². The van der Waals surface area contributed by atoms with E-state index in [1.54, 1.807) is 0 Å². The maximum absolute atomic E-state index is 5.53. The quantitative estimate of drug-likeness (QED) is 0.506. The highest BCUT2D eigenvalue weighted by atomic mass is 79.9. The van der Waals surface area contributed by atoms with Gasteiger partial charge >= 0.3 is 0 Å². The van der Waals surface area contributed by atoms with Crippen LogP contribution in [0.2, 0.25) is 0 Å². The van der Waals surface area contributed by atoms with Crippen molar-refractivity contribution >= 4 is 68.6 Å². The van der Waals surface area contributed by atoms with Crippen LogP contribution in [-0.2, 0) is 13.1 Å². The van der Waals surface area contributed by atoms with Crippen LogP contribution in [-0.4, -0.2) is 10.2 Å². The zero-order valence-corrected chi connectivity index (χ0v) is 18.3. The van der Waals surface area contributed by atoms with Crippen LogP contribution < -0.4 is 22.1 Å². The summed E-state index contributed by atoms with van der Waals surface area (Å²) in [6, 6.07) is 0. The second kappa shape index (κ2) is 10.4. The van der Waals surface area contributed by atoms with Crippen LogP contribution in [0.3, 0.4) is 0 Å². The van der Waals surface area contributed by atoms with Gasteiger partial charge in [0.05, 0.1) is 0 Å². The molecule has 4 nitrogen and oxygen atoms in total. The molecule has 0 aliphatic rings. The highest BCUT2D eigenvalue weighted by Gasteiger charge is 2.15. The van der Waals surface area contributed by atoms with Gasteiger partial charge in [0.2, 0.25) is 0 Å². The molecule has 0 heterocycles. The number of thiocarbonyl (C=S) groups is 2. The van der Waals surface area contributed by atoms with Crippen molar-refractivity contribution in [3.8, 4) is 0 Å². The van der Waals surface area contributed by atoms with E-state index in [0.29, 0.717) is 23.3 Å². The number of benzene rings is 1. The van der Waals surface area contributed by atoms with E-state index in [4.69, 9.17) is 35.9 Å². The summed E-state index contributed by atoms with van der Waals surface area (Å²) >= 11 is 9.78. The van der Waals surface area contributed by atoms with E-state index < -0.39 is 0 Å². The summed E-state index contributed by atoms with van der Waals surface area (Å²) < 4.78 is 0. The molecule has 8 heteroatoms. The van der Waals surface area contributed by atoms with Gasteiger partial charge in [-0.3, -0.25) is 0 Å². The SMILES string of the molecule is Br.Br.Cc1c(C)c(C)c(CNC(N)=S)c(CNC(N)=S)c1C. The van der Waals surface area contributed by atoms with Crippen molar-refractivity contribution < 1.29 is 0 Å². The molecule has 6 N–H and O–H groups in total. The van der Waals surface area contributed by atoms with Gasteiger partial charge in [0, 0.05) is 13.1 Å². The van der Waals surface area contributed by atoms with Crippen LogP contribution in [0.15, 0.2) is 0 Å². The average molecular weight is 472 g/mol. The first-order chi connectivity index (χ1) is 9.25. The molecular weight excluding hydrogens is 448 g/mol. The van der Waals surface area contributed by atoms with Crippen LogP contribution in [0.25, 0.3) is 0 Å². The molecule has 0 amide bonds. The van der Waals surface area contributed by atoms with Gasteiger partial charge in [0.25, 0.3) is 0 Å². The van der Waals surface area contributed by atoms with Crippen LogP contribution in [0.4, 0.5) is 0 Å². The Kier molecular flexibility index (Phi) is 11.2. The fourth-order valence-corrected chi connectivity index (χ4v) is 2.44. The Morgan fingerprint density at radius 2 is 1.00 bits per heavy atom. The third-order valence-corrected chi connectivity index (χ3v) is 4.12. The van der Waals surface area contributed by atoms with Gasteiger partial charge in [0.15, 0.2) is 10.2 Å². The molecule has 0 aliphatic carbocycles. The monoisotopic (exact) mass is 470 g/mol. The molecular formula is C14H24Br2N4S2. The molecule has 0 unspecified atom stereocenters. The fourth-order valence-electron chi connectivity index (χ4n) is 2.30. The Balaban J connectivity index is 0. The first-order valence-electron chi connectivity index (χ1n) is 6.40. The smallest absolute Gasteiger partial charge is 0.163 e. The molecule has 1 aromatic carbocycles. The average Bonchev–Trinajstić information content (AvgIpc) is 2.37. The lowest BCUT2D eigenvalue weighted by Gasteiger charge is -2.21. The van der Waals surface area contributed by atoms with Crippen molar-refractivity contribution in [3.05, 3.63) is 33.4 Å². The molecule has 1 aromatic rings. The topological polar surface area (TPSA) is 76.1 Å². The normalized spacial score (nSPS) is 9.27. The first kappa shape index (κ1) is 23.8. The third-order valence-electron chi connectivity index (χ3n) is 3.84. The lowest BCUT2D eigenvalue weighted by molar-refractivity contribution is 0.833. The molecule has 0 bridgehead atoms. The van der Waals surface area contributed by atoms with Crippen molar-refractivity contribution in [1.82, 2.24) is 10.6 Å². The predicted molar refractivity (Wildman–Crippen MR) is 113 cm³/mol. The second-order valence-electron chi connectivity index (χ2n) is 4.89. The molecule has 0 radical (unpaired) electrons. The van der Waals surface area contributed by atoms with Crippen molar-refractivity contribution in [2.24, 2.45) is 11.5 Å². The molecule has 0 atom stereocenters. The minimum atomic E-state index is 0. The molecule has 22 heavy (non-hydrogen) atoms. The van der Waals surface area contributed by atoms with Crippen LogP contribution in [0, 0.1) is 27.7 Å². The molecule has 1 rings (SSSR count). The zero-order valence-electron chi connectivity index (χ0n) is 13.2. The number of nitrogens with two attached hydrogens (primary N) is 2. The van der Waals surface area contributed by atoms with Gasteiger partial charge in [-0.15, -0.1) is 34.0 Å². The van der Waals surface area contributed by atoms with Crippen LogP contribution in [0.1, 0.15) is 33.4 Å². The third kappa shape index (κ3) is 5.98. The van der Waals surface area contributed by atoms with Crippen LogP contribution >= 0.6 is 58.4 Å². The second-order valence-corrected chi connectivity index (χ2v) is 5.77. The molecule has 0 aliphatic heterocycles. The maximum atomic E-state index is 5.53. The van der Waals surface area contributed by atoms with Gasteiger partial charge in [-0.1, -0.05) is 0 Å². The number of hydrogen-bond acceptors (Lipinski definition) is 2. The Bertz CT molecular complexity index is 514. The fraction of sp³-hybridized carbons (Fsp3) is 0.429. The Hall–Kier alpha value is -0.440. The Morgan fingerprint density at radius 3 is 1.23 bits per heavy atom. The van der Waals surface area contributed by atoms with E-state index >= 15 is 0 Å². The van der Waals surface area contributed by atoms with Crippen molar-refractivity contribution in [1.29, 1.82) is 0 Å². The lowest BCUT2D eigenvalue weighted by atomic mass is 9.88. The zero-order chi connectivity index (χ0) is 15.4. The maximum Gasteiger partial charge on any atom is 0.163 e. The number of nitrogens with one attached hydrogen (secondary N) is 2. The van der Waals surface area contributed by atoms with E-state index in [2.05, 4.69) is 38.3 Å². The molecule has 0 spiro atoms. The summed E-state index contributed by atoms with van der Waals surface area (Å²) in [6.45, 7) is 9.71. The highest BCUT2D eigenvalue weighted by Crippen LogP contribution is 2.26. The van der Waals surface area contributed by atoms with Gasteiger partial charge in [-0.05, 0) is 85.5 Å². The highest BCUT2D eigenvalue weighted by molar-refractivity contribution is 8.93. The van der Waals surface area contributed by atoms with Crippen LogP contribution in [0.5, 0.6) is 0 Å². The van der Waals surface area contributed by atoms with E-state index in [-0.39, 0.29) is 34.0 Å². The van der Waals surface area contributed by atoms with E-state index in [1.165, 1.54) is 33.4 Å². The number of rotatable bonds is 4. The summed E-state index contributed by atoms with van der Waals surface area (Å²) in [7, 11) is 0. The minimum Gasteiger partial charge on any atom is -0.376 e.